The monoisotopic (exact) mass is 335 g/mol. The van der Waals surface area contributed by atoms with E-state index in [2.05, 4.69) is 10.1 Å². The fourth-order valence-electron chi connectivity index (χ4n) is 2.82. The van der Waals surface area contributed by atoms with Gasteiger partial charge in [-0.3, -0.25) is 0 Å². The topological polar surface area (TPSA) is 39.7 Å². The molecule has 24 heavy (non-hydrogen) atoms. The maximum atomic E-state index is 12.6. The van der Waals surface area contributed by atoms with Gasteiger partial charge in [-0.25, -0.2) is 0 Å². The predicted molar refractivity (Wildman–Crippen MR) is 85.9 cm³/mol. The van der Waals surface area contributed by atoms with E-state index in [1.165, 1.54) is 12.7 Å². The van der Waals surface area contributed by atoms with Gasteiger partial charge in [0.25, 0.3) is 0 Å². The van der Waals surface area contributed by atoms with Crippen LogP contribution in [0.1, 0.15) is 11.1 Å². The number of hydrogen-bond donors (Lipinski definition) is 1. The Morgan fingerprint density at radius 3 is 2.79 bits per heavy atom. The van der Waals surface area contributed by atoms with E-state index in [1.54, 1.807) is 18.2 Å². The van der Waals surface area contributed by atoms with E-state index in [4.69, 9.17) is 9.47 Å². The lowest BCUT2D eigenvalue weighted by Gasteiger charge is -2.16. The first-order chi connectivity index (χ1) is 11.7. The fraction of sp³-hybridized carbons (Fsp3) is 0.333. The molecule has 3 rings (SSSR count). The van der Waals surface area contributed by atoms with Gasteiger partial charge in [0, 0.05) is 25.1 Å². The number of ether oxygens (including phenoxy) is 3. The number of fused-ring (bicyclic) bond motifs is 1. The van der Waals surface area contributed by atoms with Crippen LogP contribution in [-0.4, -0.2) is 26.4 Å². The molecule has 2 aromatic carbocycles. The largest absolute Gasteiger partial charge is 0.493 e. The Balaban J connectivity index is 1.59. The summed E-state index contributed by atoms with van der Waals surface area (Å²) in [5, 5.41) is 3.24. The van der Waals surface area contributed by atoms with E-state index in [1.807, 2.05) is 24.3 Å². The van der Waals surface area contributed by atoms with Gasteiger partial charge >= 0.3 is 6.61 Å². The van der Waals surface area contributed by atoms with Crippen molar-refractivity contribution in [2.24, 2.45) is 0 Å². The average molecular weight is 335 g/mol. The fourth-order valence-corrected chi connectivity index (χ4v) is 2.82. The van der Waals surface area contributed by atoms with Crippen LogP contribution < -0.4 is 19.5 Å². The number of nitrogens with one attached hydrogen (secondary N) is 1. The first-order valence-corrected chi connectivity index (χ1v) is 7.73. The van der Waals surface area contributed by atoms with Crippen molar-refractivity contribution in [1.29, 1.82) is 0 Å². The zero-order chi connectivity index (χ0) is 16.9. The minimum Gasteiger partial charge on any atom is -0.493 e. The smallest absolute Gasteiger partial charge is 0.387 e. The highest BCUT2D eigenvalue weighted by molar-refractivity contribution is 5.46. The molecule has 0 aromatic heterocycles. The minimum absolute atomic E-state index is 0.0347. The van der Waals surface area contributed by atoms with Crippen LogP contribution in [0.4, 0.5) is 8.78 Å². The van der Waals surface area contributed by atoms with E-state index in [0.717, 1.165) is 12.2 Å². The molecule has 1 heterocycles. The second-order valence-corrected chi connectivity index (χ2v) is 5.51. The van der Waals surface area contributed by atoms with E-state index >= 15 is 0 Å². The molecule has 128 valence electrons. The molecule has 0 amide bonds. The minimum atomic E-state index is -2.90. The van der Waals surface area contributed by atoms with Crippen LogP contribution in [0, 0.1) is 0 Å². The lowest BCUT2D eigenvalue weighted by molar-refractivity contribution is -0.0518. The molecule has 0 spiro atoms. The highest BCUT2D eigenvalue weighted by Gasteiger charge is 2.22. The lowest BCUT2D eigenvalue weighted by Crippen LogP contribution is -2.29. The van der Waals surface area contributed by atoms with E-state index < -0.39 is 6.61 Å². The van der Waals surface area contributed by atoms with Crippen LogP contribution in [0.3, 0.4) is 0 Å². The number of hydrogen-bond acceptors (Lipinski definition) is 4. The quantitative estimate of drug-likeness (QED) is 0.842. The molecule has 0 aliphatic carbocycles. The molecular formula is C18H19F2NO3. The second kappa shape index (κ2) is 7.49. The summed E-state index contributed by atoms with van der Waals surface area (Å²) in [7, 11) is 1.43. The standard InChI is InChI=1S/C18H19F2NO3/c1-22-16-8-4-6-13(17(16)24-18(19)20)10-21-11-14-9-12-5-2-3-7-15(12)23-14/h2-8,14,18,21H,9-11H2,1H3. The van der Waals surface area contributed by atoms with Gasteiger partial charge in [-0.1, -0.05) is 30.3 Å². The van der Waals surface area contributed by atoms with Crippen LogP contribution in [0.5, 0.6) is 17.2 Å². The number of alkyl halides is 2. The summed E-state index contributed by atoms with van der Waals surface area (Å²) >= 11 is 0. The van der Waals surface area contributed by atoms with E-state index in [9.17, 15) is 8.78 Å². The van der Waals surface area contributed by atoms with Gasteiger partial charge in [0.1, 0.15) is 11.9 Å². The third kappa shape index (κ3) is 3.76. The molecule has 1 aliphatic heterocycles. The van der Waals surface area contributed by atoms with Gasteiger partial charge in [-0.2, -0.15) is 8.78 Å². The molecule has 2 aromatic rings. The molecule has 1 N–H and O–H groups in total. The normalized spacial score (nSPS) is 15.9. The summed E-state index contributed by atoms with van der Waals surface area (Å²) in [6.45, 7) is -1.90. The van der Waals surface area contributed by atoms with Gasteiger partial charge in [-0.05, 0) is 17.7 Å². The summed E-state index contributed by atoms with van der Waals surface area (Å²) in [6, 6.07) is 13.0. The van der Waals surface area contributed by atoms with Crippen molar-refractivity contribution in [3.05, 3.63) is 53.6 Å². The highest BCUT2D eigenvalue weighted by atomic mass is 19.3. The van der Waals surface area contributed by atoms with Gasteiger partial charge in [0.2, 0.25) is 0 Å². The Morgan fingerprint density at radius 2 is 2.04 bits per heavy atom. The summed E-state index contributed by atoms with van der Waals surface area (Å²) in [5.74, 6) is 1.27. The molecule has 0 bridgehead atoms. The zero-order valence-corrected chi connectivity index (χ0v) is 13.3. The molecule has 0 fully saturated rings. The van der Waals surface area contributed by atoms with Crippen molar-refractivity contribution in [1.82, 2.24) is 5.32 Å². The Kier molecular flexibility index (Phi) is 5.15. The van der Waals surface area contributed by atoms with Crippen molar-refractivity contribution < 1.29 is 23.0 Å². The number of benzene rings is 2. The zero-order valence-electron chi connectivity index (χ0n) is 13.3. The third-order valence-corrected chi connectivity index (χ3v) is 3.89. The molecule has 1 atom stereocenters. The van der Waals surface area contributed by atoms with Crippen LogP contribution in [0.15, 0.2) is 42.5 Å². The number of para-hydroxylation sites is 2. The van der Waals surface area contributed by atoms with E-state index in [-0.39, 0.29) is 11.9 Å². The molecule has 4 nitrogen and oxygen atoms in total. The maximum absolute atomic E-state index is 12.6. The van der Waals surface area contributed by atoms with Crippen LogP contribution in [-0.2, 0) is 13.0 Å². The summed E-state index contributed by atoms with van der Waals surface area (Å²) in [4.78, 5) is 0. The molecular weight excluding hydrogens is 316 g/mol. The average Bonchev–Trinajstić information content (AvgIpc) is 2.98. The molecule has 6 heteroatoms. The lowest BCUT2D eigenvalue weighted by atomic mass is 10.1. The maximum Gasteiger partial charge on any atom is 0.387 e. The third-order valence-electron chi connectivity index (χ3n) is 3.89. The molecule has 0 saturated heterocycles. The van der Waals surface area contributed by atoms with Crippen LogP contribution >= 0.6 is 0 Å². The summed E-state index contributed by atoms with van der Waals surface area (Å²) in [5.41, 5.74) is 1.80. The predicted octanol–water partition coefficient (Wildman–Crippen LogP) is 3.39. The molecule has 1 unspecified atom stereocenters. The van der Waals surface area contributed by atoms with Crippen molar-refractivity contribution in [2.45, 2.75) is 25.7 Å². The number of halogens is 2. The second-order valence-electron chi connectivity index (χ2n) is 5.51. The SMILES string of the molecule is COc1cccc(CNCC2Cc3ccccc3O2)c1OC(F)F. The van der Waals surface area contributed by atoms with E-state index in [0.29, 0.717) is 24.4 Å². The molecule has 0 saturated carbocycles. The first kappa shape index (κ1) is 16.5. The highest BCUT2D eigenvalue weighted by Crippen LogP contribution is 2.32. The summed E-state index contributed by atoms with van der Waals surface area (Å²) < 4.78 is 40.8. The van der Waals surface area contributed by atoms with Crippen molar-refractivity contribution in [3.8, 4) is 17.2 Å². The Bertz CT molecular complexity index is 669. The molecule has 1 aliphatic rings. The van der Waals surface area contributed by atoms with Gasteiger partial charge in [-0.15, -0.1) is 0 Å². The van der Waals surface area contributed by atoms with Gasteiger partial charge in [0.05, 0.1) is 7.11 Å². The Hall–Kier alpha value is -2.34. The van der Waals surface area contributed by atoms with Gasteiger partial charge in [0.15, 0.2) is 11.5 Å². The Morgan fingerprint density at radius 1 is 1.21 bits per heavy atom. The first-order valence-electron chi connectivity index (χ1n) is 7.73. The van der Waals surface area contributed by atoms with Gasteiger partial charge < -0.3 is 19.5 Å². The molecule has 0 radical (unpaired) electrons. The van der Waals surface area contributed by atoms with Crippen molar-refractivity contribution in [3.63, 3.8) is 0 Å². The summed E-state index contributed by atoms with van der Waals surface area (Å²) in [6.07, 6.45) is 0.870. The van der Waals surface area contributed by atoms with Crippen LogP contribution in [0.25, 0.3) is 0 Å². The Labute approximate surface area is 139 Å². The number of methoxy groups -OCH3 is 1. The van der Waals surface area contributed by atoms with Crippen LogP contribution in [0.2, 0.25) is 0 Å². The van der Waals surface area contributed by atoms with Crippen molar-refractivity contribution in [2.75, 3.05) is 13.7 Å². The van der Waals surface area contributed by atoms with Crippen molar-refractivity contribution >= 4 is 0 Å². The number of rotatable bonds is 7.